The van der Waals surface area contributed by atoms with Crippen molar-refractivity contribution in [1.29, 1.82) is 0 Å². The molecule has 0 bridgehead atoms. The van der Waals surface area contributed by atoms with E-state index in [0.717, 1.165) is 23.7 Å². The predicted molar refractivity (Wildman–Crippen MR) is 92.6 cm³/mol. The third-order valence-electron chi connectivity index (χ3n) is 4.02. The Bertz CT molecular complexity index is 594. The van der Waals surface area contributed by atoms with Gasteiger partial charge >= 0.3 is 11.8 Å². The number of nitrogens with zero attached hydrogens (tertiary/aromatic N) is 2. The van der Waals surface area contributed by atoms with Gasteiger partial charge in [-0.25, -0.2) is 0 Å². The Morgan fingerprint density at radius 1 is 1.12 bits per heavy atom. The molecule has 1 saturated heterocycles. The number of carbonyl (C=O) groups is 3. The van der Waals surface area contributed by atoms with Gasteiger partial charge in [0.15, 0.2) is 0 Å². The largest absolute Gasteiger partial charge is 0.372 e. The van der Waals surface area contributed by atoms with Crippen LogP contribution in [0.1, 0.15) is 26.2 Å². The van der Waals surface area contributed by atoms with Crippen LogP contribution >= 0.6 is 0 Å². The van der Waals surface area contributed by atoms with Crippen molar-refractivity contribution < 1.29 is 14.4 Å². The summed E-state index contributed by atoms with van der Waals surface area (Å²) in [7, 11) is 0. The maximum absolute atomic E-state index is 12.0. The number of imide groups is 1. The lowest BCUT2D eigenvalue weighted by Crippen LogP contribution is -2.44. The van der Waals surface area contributed by atoms with Gasteiger partial charge in [-0.3, -0.25) is 19.3 Å². The molecule has 0 unspecified atom stereocenters. The summed E-state index contributed by atoms with van der Waals surface area (Å²) in [5.74, 6) is -2.24. The highest BCUT2D eigenvalue weighted by Crippen LogP contribution is 2.21. The van der Waals surface area contributed by atoms with Crippen molar-refractivity contribution in [1.82, 2.24) is 4.90 Å². The van der Waals surface area contributed by atoms with Crippen molar-refractivity contribution in [2.45, 2.75) is 26.2 Å². The van der Waals surface area contributed by atoms with Crippen LogP contribution in [0.4, 0.5) is 11.4 Å². The van der Waals surface area contributed by atoms with Gasteiger partial charge in [-0.2, -0.15) is 0 Å². The van der Waals surface area contributed by atoms with Gasteiger partial charge < -0.3 is 16.0 Å². The topological polar surface area (TPSA) is 95.7 Å². The smallest absolute Gasteiger partial charge is 0.318 e. The molecule has 130 valence electrons. The van der Waals surface area contributed by atoms with Gasteiger partial charge in [0, 0.05) is 44.5 Å². The number of hydrogen-bond acceptors (Lipinski definition) is 5. The SMILES string of the molecule is CC(=O)N(CCN)C(=O)C(=O)Nc1ccc(N2CCCCC2)cc1. The highest BCUT2D eigenvalue weighted by molar-refractivity contribution is 6.41. The number of piperidine rings is 1. The van der Waals surface area contributed by atoms with Crippen molar-refractivity contribution in [2.24, 2.45) is 5.73 Å². The summed E-state index contributed by atoms with van der Waals surface area (Å²) in [6.07, 6.45) is 3.65. The van der Waals surface area contributed by atoms with E-state index in [1.165, 1.54) is 26.2 Å². The summed E-state index contributed by atoms with van der Waals surface area (Å²) >= 11 is 0. The van der Waals surface area contributed by atoms with Gasteiger partial charge in [0.25, 0.3) is 0 Å². The standard InChI is InChI=1S/C17H24N4O3/c1-13(22)21(12-9-18)17(24)16(23)19-14-5-7-15(8-6-14)20-10-3-2-4-11-20/h5-8H,2-4,9-12,18H2,1H3,(H,19,23). The fraction of sp³-hybridized carbons (Fsp3) is 0.471. The minimum absolute atomic E-state index is 0.0233. The van der Waals surface area contributed by atoms with Crippen molar-refractivity contribution in [3.63, 3.8) is 0 Å². The van der Waals surface area contributed by atoms with Gasteiger partial charge in [0.05, 0.1) is 0 Å². The summed E-state index contributed by atoms with van der Waals surface area (Å²) in [5.41, 5.74) is 6.99. The fourth-order valence-electron chi connectivity index (χ4n) is 2.75. The summed E-state index contributed by atoms with van der Waals surface area (Å²) in [5, 5.41) is 2.52. The molecule has 1 aliphatic rings. The summed E-state index contributed by atoms with van der Waals surface area (Å²) in [6, 6.07) is 7.37. The van der Waals surface area contributed by atoms with E-state index in [1.54, 1.807) is 12.1 Å². The first-order valence-electron chi connectivity index (χ1n) is 8.21. The molecule has 7 heteroatoms. The van der Waals surface area contributed by atoms with Crippen LogP contribution in [0, 0.1) is 0 Å². The number of rotatable bonds is 4. The highest BCUT2D eigenvalue weighted by atomic mass is 16.2. The zero-order chi connectivity index (χ0) is 17.5. The van der Waals surface area contributed by atoms with Crippen LogP contribution in [-0.2, 0) is 14.4 Å². The second-order valence-corrected chi connectivity index (χ2v) is 5.81. The van der Waals surface area contributed by atoms with E-state index in [9.17, 15) is 14.4 Å². The van der Waals surface area contributed by atoms with Crippen LogP contribution < -0.4 is 16.0 Å². The van der Waals surface area contributed by atoms with Crippen molar-refractivity contribution in [2.75, 3.05) is 36.4 Å². The lowest BCUT2D eigenvalue weighted by Gasteiger charge is -2.28. The lowest BCUT2D eigenvalue weighted by atomic mass is 10.1. The zero-order valence-corrected chi connectivity index (χ0v) is 14.0. The maximum atomic E-state index is 12.0. The van der Waals surface area contributed by atoms with Crippen LogP contribution in [0.5, 0.6) is 0 Å². The zero-order valence-electron chi connectivity index (χ0n) is 14.0. The Balaban J connectivity index is 1.98. The quantitative estimate of drug-likeness (QED) is 0.800. The average molecular weight is 332 g/mol. The molecule has 3 N–H and O–H groups in total. The Kier molecular flexibility index (Phi) is 6.31. The van der Waals surface area contributed by atoms with E-state index in [-0.39, 0.29) is 13.1 Å². The van der Waals surface area contributed by atoms with Crippen molar-refractivity contribution in [3.05, 3.63) is 24.3 Å². The number of benzene rings is 1. The molecule has 3 amide bonds. The van der Waals surface area contributed by atoms with Crippen molar-refractivity contribution >= 4 is 29.1 Å². The molecule has 1 aliphatic heterocycles. The van der Waals surface area contributed by atoms with Crippen LogP contribution in [-0.4, -0.2) is 48.8 Å². The number of amides is 3. The number of hydrogen-bond donors (Lipinski definition) is 2. The molecule has 1 aromatic rings. The van der Waals surface area contributed by atoms with Crippen LogP contribution in [0.25, 0.3) is 0 Å². The molecule has 0 aromatic heterocycles. The number of nitrogens with one attached hydrogen (secondary N) is 1. The Hall–Kier alpha value is -2.41. The number of carbonyl (C=O) groups excluding carboxylic acids is 3. The predicted octanol–water partition coefficient (Wildman–Crippen LogP) is 0.949. The lowest BCUT2D eigenvalue weighted by molar-refractivity contribution is -0.149. The first-order valence-corrected chi connectivity index (χ1v) is 8.21. The van der Waals surface area contributed by atoms with Crippen molar-refractivity contribution in [3.8, 4) is 0 Å². The monoisotopic (exact) mass is 332 g/mol. The minimum atomic E-state index is -0.895. The molecule has 24 heavy (non-hydrogen) atoms. The van der Waals surface area contributed by atoms with E-state index in [0.29, 0.717) is 5.69 Å². The highest BCUT2D eigenvalue weighted by Gasteiger charge is 2.24. The first-order chi connectivity index (χ1) is 11.5. The number of anilines is 2. The fourth-order valence-corrected chi connectivity index (χ4v) is 2.75. The summed E-state index contributed by atoms with van der Waals surface area (Å²) in [6.45, 7) is 3.45. The van der Waals surface area contributed by atoms with Gasteiger partial charge in [0.2, 0.25) is 5.91 Å². The Morgan fingerprint density at radius 2 is 1.75 bits per heavy atom. The Morgan fingerprint density at radius 3 is 2.29 bits per heavy atom. The minimum Gasteiger partial charge on any atom is -0.372 e. The van der Waals surface area contributed by atoms with E-state index in [2.05, 4.69) is 10.2 Å². The first kappa shape index (κ1) is 17.9. The molecule has 0 atom stereocenters. The average Bonchev–Trinajstić information content (AvgIpc) is 2.60. The molecule has 0 aliphatic carbocycles. The second-order valence-electron chi connectivity index (χ2n) is 5.81. The molecule has 0 saturated carbocycles. The van der Waals surface area contributed by atoms with E-state index in [4.69, 9.17) is 5.73 Å². The van der Waals surface area contributed by atoms with Crippen LogP contribution in [0.2, 0.25) is 0 Å². The molecular weight excluding hydrogens is 308 g/mol. The van der Waals surface area contributed by atoms with Gasteiger partial charge in [-0.15, -0.1) is 0 Å². The molecule has 1 fully saturated rings. The summed E-state index contributed by atoms with van der Waals surface area (Å²) < 4.78 is 0. The number of nitrogens with two attached hydrogens (primary N) is 1. The maximum Gasteiger partial charge on any atom is 0.318 e. The normalized spacial score (nSPS) is 14.2. The van der Waals surface area contributed by atoms with Gasteiger partial charge in [-0.05, 0) is 43.5 Å². The molecule has 7 nitrogen and oxygen atoms in total. The van der Waals surface area contributed by atoms with Gasteiger partial charge in [0.1, 0.15) is 0 Å². The molecular formula is C17H24N4O3. The molecule has 0 radical (unpaired) electrons. The second kappa shape index (κ2) is 8.44. The molecule has 0 spiro atoms. The third kappa shape index (κ3) is 4.55. The Labute approximate surface area is 141 Å². The van der Waals surface area contributed by atoms with E-state index >= 15 is 0 Å². The van der Waals surface area contributed by atoms with E-state index in [1.807, 2.05) is 12.1 Å². The van der Waals surface area contributed by atoms with Crippen LogP contribution in [0.15, 0.2) is 24.3 Å². The van der Waals surface area contributed by atoms with E-state index < -0.39 is 17.7 Å². The van der Waals surface area contributed by atoms with Gasteiger partial charge in [-0.1, -0.05) is 0 Å². The molecule has 2 rings (SSSR count). The molecule has 1 heterocycles. The molecule has 1 aromatic carbocycles. The third-order valence-corrected chi connectivity index (χ3v) is 4.02. The van der Waals surface area contributed by atoms with Crippen LogP contribution in [0.3, 0.4) is 0 Å². The summed E-state index contributed by atoms with van der Waals surface area (Å²) in [4.78, 5) is 38.6.